The number of halogens is 3. The third-order valence-corrected chi connectivity index (χ3v) is 5.53. The lowest BCUT2D eigenvalue weighted by atomic mass is 10.2. The number of aromatic amines is 1. The summed E-state index contributed by atoms with van der Waals surface area (Å²) in [4.78, 5) is 11.4. The van der Waals surface area contributed by atoms with Crippen LogP contribution in [0.2, 0.25) is 5.02 Å². The molecular formula is C19H24ClF2N6O+. The first-order valence-corrected chi connectivity index (χ1v) is 9.96. The summed E-state index contributed by atoms with van der Waals surface area (Å²) in [7, 11) is 0. The number of aromatic nitrogens is 2. The Labute approximate surface area is 172 Å². The molecule has 2 aromatic rings. The molecule has 0 aliphatic carbocycles. The fraction of sp³-hybridized carbons (Fsp3) is 0.474. The maximum atomic E-state index is 13.8. The Morgan fingerprint density at radius 2 is 1.97 bits per heavy atom. The van der Waals surface area contributed by atoms with Crippen LogP contribution in [0.15, 0.2) is 24.3 Å². The zero-order valence-electron chi connectivity index (χ0n) is 15.9. The van der Waals surface area contributed by atoms with Gasteiger partial charge in [-0.3, -0.25) is 4.90 Å². The highest BCUT2D eigenvalue weighted by Crippen LogP contribution is 2.34. The maximum Gasteiger partial charge on any atom is 0.349 e. The van der Waals surface area contributed by atoms with Gasteiger partial charge in [-0.2, -0.15) is 0 Å². The monoisotopic (exact) mass is 425 g/mol. The van der Waals surface area contributed by atoms with Gasteiger partial charge in [-0.05, 0) is 11.6 Å². The van der Waals surface area contributed by atoms with Crippen molar-refractivity contribution in [1.82, 2.24) is 4.98 Å². The normalized spacial score (nSPS) is 18.9. The zero-order valence-corrected chi connectivity index (χ0v) is 16.7. The Bertz CT molecular complexity index is 878. The number of rotatable bonds is 5. The van der Waals surface area contributed by atoms with E-state index in [-0.39, 0.29) is 19.5 Å². The third kappa shape index (κ3) is 4.45. The van der Waals surface area contributed by atoms with Gasteiger partial charge in [0.15, 0.2) is 5.69 Å². The van der Waals surface area contributed by atoms with E-state index in [2.05, 4.69) is 15.3 Å². The number of hydrogen-bond acceptors (Lipinski definition) is 6. The number of anilines is 4. The Kier molecular flexibility index (Phi) is 5.60. The molecule has 156 valence electrons. The molecule has 1 aromatic carbocycles. The SMILES string of the molecule is Nc1c(NCc2ccccc2Cl)nc(N2CCOCC2)[nH+]c1N1CCC(F)(F)C1. The van der Waals surface area contributed by atoms with Gasteiger partial charge in [-0.15, -0.1) is 0 Å². The van der Waals surface area contributed by atoms with Crippen molar-refractivity contribution >= 4 is 34.9 Å². The minimum Gasteiger partial charge on any atom is -0.390 e. The first kappa shape index (κ1) is 19.9. The summed E-state index contributed by atoms with van der Waals surface area (Å²) in [6.07, 6.45) is -0.197. The number of ether oxygens (including phenoxy) is 1. The number of H-pyrrole nitrogens is 1. The number of nitrogens with one attached hydrogen (secondary N) is 2. The van der Waals surface area contributed by atoms with Gasteiger partial charge in [0.2, 0.25) is 11.6 Å². The van der Waals surface area contributed by atoms with Gasteiger partial charge < -0.3 is 20.7 Å². The van der Waals surface area contributed by atoms with Gasteiger partial charge >= 0.3 is 5.95 Å². The maximum absolute atomic E-state index is 13.8. The molecule has 2 saturated heterocycles. The van der Waals surface area contributed by atoms with Gasteiger partial charge in [-0.1, -0.05) is 34.8 Å². The molecule has 2 aliphatic heterocycles. The van der Waals surface area contributed by atoms with Crippen LogP contribution in [0.4, 0.5) is 32.1 Å². The van der Waals surface area contributed by atoms with Crippen molar-refractivity contribution < 1.29 is 18.5 Å². The number of nitrogens with zero attached hydrogens (tertiary/aromatic N) is 3. The molecule has 4 rings (SSSR count). The highest BCUT2D eigenvalue weighted by molar-refractivity contribution is 6.31. The van der Waals surface area contributed by atoms with E-state index in [0.29, 0.717) is 61.1 Å². The van der Waals surface area contributed by atoms with Gasteiger partial charge in [0, 0.05) is 18.0 Å². The summed E-state index contributed by atoms with van der Waals surface area (Å²) in [5.41, 5.74) is 7.54. The summed E-state index contributed by atoms with van der Waals surface area (Å²) < 4.78 is 33.0. The molecule has 4 N–H and O–H groups in total. The van der Waals surface area contributed by atoms with Crippen LogP contribution in [0.1, 0.15) is 12.0 Å². The minimum atomic E-state index is -2.73. The molecule has 0 atom stereocenters. The average molecular weight is 426 g/mol. The van der Waals surface area contributed by atoms with Crippen LogP contribution in [-0.4, -0.2) is 50.3 Å². The van der Waals surface area contributed by atoms with E-state index in [0.717, 1.165) is 5.56 Å². The third-order valence-electron chi connectivity index (χ3n) is 5.16. The van der Waals surface area contributed by atoms with Crippen LogP contribution in [0.25, 0.3) is 0 Å². The van der Waals surface area contributed by atoms with Crippen molar-refractivity contribution in [2.45, 2.75) is 18.9 Å². The van der Waals surface area contributed by atoms with Gasteiger partial charge in [0.25, 0.3) is 5.92 Å². The number of morpholine rings is 1. The van der Waals surface area contributed by atoms with E-state index in [1.807, 2.05) is 29.2 Å². The van der Waals surface area contributed by atoms with Crippen molar-refractivity contribution in [3.63, 3.8) is 0 Å². The van der Waals surface area contributed by atoms with Crippen LogP contribution in [0.5, 0.6) is 0 Å². The van der Waals surface area contributed by atoms with Crippen molar-refractivity contribution in [1.29, 1.82) is 0 Å². The molecule has 0 saturated carbocycles. The van der Waals surface area contributed by atoms with Gasteiger partial charge in [-0.25, -0.2) is 13.8 Å². The van der Waals surface area contributed by atoms with Crippen LogP contribution >= 0.6 is 11.6 Å². The van der Waals surface area contributed by atoms with Crippen molar-refractivity contribution in [3.05, 3.63) is 34.9 Å². The Morgan fingerprint density at radius 3 is 2.66 bits per heavy atom. The quantitative estimate of drug-likeness (QED) is 0.765. The molecule has 29 heavy (non-hydrogen) atoms. The summed E-state index contributed by atoms with van der Waals surface area (Å²) in [6.45, 7) is 2.76. The highest BCUT2D eigenvalue weighted by Gasteiger charge is 2.42. The molecule has 0 bridgehead atoms. The first-order valence-electron chi connectivity index (χ1n) is 9.58. The van der Waals surface area contributed by atoms with E-state index in [1.165, 1.54) is 0 Å². The Balaban J connectivity index is 1.65. The van der Waals surface area contributed by atoms with E-state index in [9.17, 15) is 8.78 Å². The lowest BCUT2D eigenvalue weighted by molar-refractivity contribution is -0.353. The Morgan fingerprint density at radius 1 is 1.21 bits per heavy atom. The predicted octanol–water partition coefficient (Wildman–Crippen LogP) is 2.43. The average Bonchev–Trinajstić information content (AvgIpc) is 3.08. The molecule has 1 aromatic heterocycles. The molecule has 3 heterocycles. The van der Waals surface area contributed by atoms with E-state index in [4.69, 9.17) is 22.1 Å². The van der Waals surface area contributed by atoms with Crippen LogP contribution in [0, 0.1) is 0 Å². The van der Waals surface area contributed by atoms with Crippen molar-refractivity contribution in [3.8, 4) is 0 Å². The lowest BCUT2D eigenvalue weighted by Gasteiger charge is -2.25. The predicted molar refractivity (Wildman–Crippen MR) is 109 cm³/mol. The number of benzene rings is 1. The van der Waals surface area contributed by atoms with Gasteiger partial charge in [0.1, 0.15) is 6.54 Å². The summed E-state index contributed by atoms with van der Waals surface area (Å²) in [5, 5.41) is 3.85. The molecule has 0 unspecified atom stereocenters. The molecule has 2 aliphatic rings. The molecule has 2 fully saturated rings. The largest absolute Gasteiger partial charge is 0.390 e. The Hall–Kier alpha value is -2.39. The number of alkyl halides is 2. The second kappa shape index (κ2) is 8.16. The number of nitrogen functional groups attached to an aromatic ring is 1. The van der Waals surface area contributed by atoms with Crippen LogP contribution in [-0.2, 0) is 11.3 Å². The summed E-state index contributed by atoms with van der Waals surface area (Å²) in [5.74, 6) is -1.25. The smallest absolute Gasteiger partial charge is 0.349 e. The first-order chi connectivity index (χ1) is 13.9. The molecular weight excluding hydrogens is 402 g/mol. The molecule has 0 amide bonds. The zero-order chi connectivity index (χ0) is 20.4. The topological polar surface area (TPSA) is 80.8 Å². The van der Waals surface area contributed by atoms with Gasteiger partial charge in [0.05, 0.1) is 32.8 Å². The van der Waals surface area contributed by atoms with E-state index < -0.39 is 5.92 Å². The van der Waals surface area contributed by atoms with E-state index >= 15 is 0 Å². The minimum absolute atomic E-state index is 0.197. The second-order valence-electron chi connectivity index (χ2n) is 7.24. The number of hydrogen-bond donors (Lipinski definition) is 2. The molecule has 0 radical (unpaired) electrons. The van der Waals surface area contributed by atoms with E-state index in [1.54, 1.807) is 4.90 Å². The molecule has 0 spiro atoms. The molecule has 10 heteroatoms. The fourth-order valence-electron chi connectivity index (χ4n) is 3.54. The molecule has 7 nitrogen and oxygen atoms in total. The fourth-order valence-corrected chi connectivity index (χ4v) is 3.74. The summed E-state index contributed by atoms with van der Waals surface area (Å²) in [6, 6.07) is 7.48. The second-order valence-corrected chi connectivity index (χ2v) is 7.65. The van der Waals surface area contributed by atoms with Crippen molar-refractivity contribution in [2.24, 2.45) is 0 Å². The number of nitrogens with two attached hydrogens (primary N) is 1. The standard InChI is InChI=1S/C19H23ClF2N6O/c20-14-4-2-1-3-13(14)11-24-16-15(23)17(28-6-5-19(21,22)12-28)26-18(25-16)27-7-9-29-10-8-27/h1-4H,5-12,23H2,(H,24,25,26)/p+1. The highest BCUT2D eigenvalue weighted by atomic mass is 35.5. The van der Waals surface area contributed by atoms with Crippen molar-refractivity contribution in [2.75, 3.05) is 60.2 Å². The van der Waals surface area contributed by atoms with Crippen LogP contribution in [0.3, 0.4) is 0 Å². The lowest BCUT2D eigenvalue weighted by Crippen LogP contribution is -2.42. The van der Waals surface area contributed by atoms with Crippen LogP contribution < -0.4 is 25.8 Å². The summed E-state index contributed by atoms with van der Waals surface area (Å²) >= 11 is 6.24.